The zero-order valence-electron chi connectivity index (χ0n) is 9.38. The van der Waals surface area contributed by atoms with E-state index < -0.39 is 0 Å². The molecule has 0 aliphatic rings. The van der Waals surface area contributed by atoms with Gasteiger partial charge in [-0.25, -0.2) is 0 Å². The number of carbonyl (C=O) groups excluding carboxylic acids is 1. The van der Waals surface area contributed by atoms with Crippen molar-refractivity contribution in [1.82, 2.24) is 0 Å². The number of hydrogen-bond donors (Lipinski definition) is 1. The first kappa shape index (κ1) is 15.3. The lowest BCUT2D eigenvalue weighted by atomic mass is 10.2. The van der Waals surface area contributed by atoms with E-state index in [-0.39, 0.29) is 5.91 Å². The van der Waals surface area contributed by atoms with Crippen molar-refractivity contribution in [2.24, 2.45) is 0 Å². The van der Waals surface area contributed by atoms with Crippen LogP contribution in [-0.2, 0) is 0 Å². The van der Waals surface area contributed by atoms with Crippen molar-refractivity contribution in [3.05, 3.63) is 59.5 Å². The van der Waals surface area contributed by atoms with Crippen molar-refractivity contribution >= 4 is 77.6 Å². The highest BCUT2D eigenvalue weighted by atomic mass is 127. The minimum atomic E-state index is -0.165. The average Bonchev–Trinajstić information content (AvgIpc) is 2.31. The fraction of sp³-hybridized carbons (Fsp3) is 0. The van der Waals surface area contributed by atoms with Gasteiger partial charge in [-0.3, -0.25) is 4.79 Å². The highest BCUT2D eigenvalue weighted by molar-refractivity contribution is 14.1. The Balaban J connectivity index is 2.25. The Hall–Kier alpha value is -0.110. The third-order valence-corrected chi connectivity index (χ3v) is 4.35. The maximum absolute atomic E-state index is 12.2. The topological polar surface area (TPSA) is 29.1 Å². The summed E-state index contributed by atoms with van der Waals surface area (Å²) in [6, 6.07) is 10.7. The molecular formula is C13H7Br2ClINO. The molecule has 2 nitrogen and oxygen atoms in total. The van der Waals surface area contributed by atoms with Crippen LogP contribution in [0.3, 0.4) is 0 Å². The smallest absolute Gasteiger partial charge is 0.255 e. The Bertz CT molecular complexity index is 628. The van der Waals surface area contributed by atoms with Crippen molar-refractivity contribution in [2.45, 2.75) is 0 Å². The van der Waals surface area contributed by atoms with Crippen LogP contribution in [0.5, 0.6) is 0 Å². The zero-order valence-corrected chi connectivity index (χ0v) is 15.5. The summed E-state index contributed by atoms with van der Waals surface area (Å²) in [5.41, 5.74) is 1.32. The summed E-state index contributed by atoms with van der Waals surface area (Å²) < 4.78 is 2.59. The molecule has 0 saturated carbocycles. The zero-order chi connectivity index (χ0) is 14.0. The second-order valence-electron chi connectivity index (χ2n) is 3.74. The number of carbonyl (C=O) groups is 1. The first-order chi connectivity index (χ1) is 8.95. The molecule has 98 valence electrons. The molecule has 6 heteroatoms. The molecule has 1 N–H and O–H groups in total. The van der Waals surface area contributed by atoms with Gasteiger partial charge in [-0.05, 0) is 59.0 Å². The number of nitrogens with one attached hydrogen (secondary N) is 1. The third kappa shape index (κ3) is 4.18. The molecule has 0 fully saturated rings. The number of halogens is 4. The summed E-state index contributed by atoms with van der Waals surface area (Å²) in [5, 5.41) is 3.51. The van der Waals surface area contributed by atoms with Gasteiger partial charge in [0.15, 0.2) is 0 Å². The maximum atomic E-state index is 12.2. The van der Waals surface area contributed by atoms with Gasteiger partial charge in [-0.2, -0.15) is 0 Å². The molecule has 1 amide bonds. The Labute approximate surface area is 146 Å². The molecule has 0 radical (unpaired) electrons. The number of rotatable bonds is 2. The minimum Gasteiger partial charge on any atom is -0.321 e. The van der Waals surface area contributed by atoms with Crippen LogP contribution in [0.2, 0.25) is 5.02 Å². The van der Waals surface area contributed by atoms with E-state index in [1.807, 2.05) is 6.07 Å². The molecule has 0 bridgehead atoms. The molecule has 2 aromatic rings. The van der Waals surface area contributed by atoms with Gasteiger partial charge in [-0.1, -0.05) is 43.5 Å². The molecule has 2 aromatic carbocycles. The monoisotopic (exact) mass is 513 g/mol. The second kappa shape index (κ2) is 6.56. The maximum Gasteiger partial charge on any atom is 0.255 e. The summed E-state index contributed by atoms with van der Waals surface area (Å²) in [6.45, 7) is 0. The van der Waals surface area contributed by atoms with E-state index in [9.17, 15) is 4.79 Å². The molecule has 19 heavy (non-hydrogen) atoms. The van der Waals surface area contributed by atoms with Crippen molar-refractivity contribution in [3.8, 4) is 0 Å². The molecule has 0 aliphatic carbocycles. The number of benzene rings is 2. The van der Waals surface area contributed by atoms with E-state index in [4.69, 9.17) is 11.6 Å². The summed E-state index contributed by atoms with van der Waals surface area (Å²) in [7, 11) is 0. The molecule has 0 spiro atoms. The van der Waals surface area contributed by atoms with Crippen LogP contribution in [0, 0.1) is 3.57 Å². The molecule has 0 aromatic heterocycles. The summed E-state index contributed by atoms with van der Waals surface area (Å²) in [5.74, 6) is -0.165. The predicted molar refractivity (Wildman–Crippen MR) is 94.0 cm³/mol. The summed E-state index contributed by atoms with van der Waals surface area (Å²) in [6.07, 6.45) is 0. The Morgan fingerprint density at radius 2 is 1.74 bits per heavy atom. The largest absolute Gasteiger partial charge is 0.321 e. The second-order valence-corrected chi connectivity index (χ2v) is 7.17. The van der Waals surface area contributed by atoms with Crippen LogP contribution < -0.4 is 5.32 Å². The standard InChI is InChI=1S/C13H7Br2ClINO/c14-8-3-7(4-9(15)5-8)13(19)18-12-2-1-10(16)6-11(12)17/h1-6H,(H,18,19). The van der Waals surface area contributed by atoms with E-state index >= 15 is 0 Å². The van der Waals surface area contributed by atoms with Crippen molar-refractivity contribution in [2.75, 3.05) is 5.32 Å². The first-order valence-corrected chi connectivity index (χ1v) is 8.22. The highest BCUT2D eigenvalue weighted by Crippen LogP contribution is 2.24. The van der Waals surface area contributed by atoms with Crippen LogP contribution in [-0.4, -0.2) is 5.91 Å². The SMILES string of the molecule is O=C(Nc1ccc(Cl)cc1I)c1cc(Br)cc(Br)c1. The predicted octanol–water partition coefficient (Wildman–Crippen LogP) is 5.72. The highest BCUT2D eigenvalue weighted by Gasteiger charge is 2.10. The van der Waals surface area contributed by atoms with Gasteiger partial charge in [0.05, 0.1) is 5.69 Å². The number of hydrogen-bond acceptors (Lipinski definition) is 1. The van der Waals surface area contributed by atoms with Gasteiger partial charge < -0.3 is 5.32 Å². The molecule has 0 saturated heterocycles. The molecule has 0 atom stereocenters. The summed E-state index contributed by atoms with van der Waals surface area (Å²) in [4.78, 5) is 12.2. The molecule has 2 rings (SSSR count). The quantitative estimate of drug-likeness (QED) is 0.510. The summed E-state index contributed by atoms with van der Waals surface area (Å²) >= 11 is 14.7. The average molecular weight is 515 g/mol. The Morgan fingerprint density at radius 1 is 1.11 bits per heavy atom. The van der Waals surface area contributed by atoms with Gasteiger partial charge in [-0.15, -0.1) is 0 Å². The fourth-order valence-corrected chi connectivity index (χ4v) is 3.77. The van der Waals surface area contributed by atoms with Gasteiger partial charge in [0.1, 0.15) is 0 Å². The lowest BCUT2D eigenvalue weighted by Gasteiger charge is -2.08. The van der Waals surface area contributed by atoms with E-state index in [2.05, 4.69) is 59.8 Å². The van der Waals surface area contributed by atoms with Gasteiger partial charge in [0.25, 0.3) is 5.91 Å². The van der Waals surface area contributed by atoms with Crippen LogP contribution in [0.15, 0.2) is 45.3 Å². The van der Waals surface area contributed by atoms with E-state index in [1.165, 1.54) is 0 Å². The minimum absolute atomic E-state index is 0.165. The normalized spacial score (nSPS) is 10.3. The van der Waals surface area contributed by atoms with Gasteiger partial charge in [0.2, 0.25) is 0 Å². The molecular weight excluding hydrogens is 508 g/mol. The van der Waals surface area contributed by atoms with E-state index in [1.54, 1.807) is 30.3 Å². The third-order valence-electron chi connectivity index (χ3n) is 2.30. The van der Waals surface area contributed by atoms with Gasteiger partial charge in [0, 0.05) is 23.1 Å². The fourth-order valence-electron chi connectivity index (χ4n) is 1.47. The van der Waals surface area contributed by atoms with Crippen LogP contribution in [0.1, 0.15) is 10.4 Å². The van der Waals surface area contributed by atoms with Crippen LogP contribution in [0.4, 0.5) is 5.69 Å². The van der Waals surface area contributed by atoms with Crippen LogP contribution >= 0.6 is 66.1 Å². The Morgan fingerprint density at radius 3 is 2.32 bits per heavy atom. The van der Waals surface area contributed by atoms with Gasteiger partial charge >= 0.3 is 0 Å². The molecule has 0 unspecified atom stereocenters. The van der Waals surface area contributed by atoms with Crippen LogP contribution in [0.25, 0.3) is 0 Å². The first-order valence-electron chi connectivity index (χ1n) is 5.18. The molecule has 0 aliphatic heterocycles. The Kier molecular flexibility index (Phi) is 5.28. The van der Waals surface area contributed by atoms with E-state index in [0.717, 1.165) is 18.2 Å². The molecule has 0 heterocycles. The number of amides is 1. The van der Waals surface area contributed by atoms with Crippen molar-refractivity contribution < 1.29 is 4.79 Å². The lowest BCUT2D eigenvalue weighted by molar-refractivity contribution is 0.102. The van der Waals surface area contributed by atoms with E-state index in [0.29, 0.717) is 10.6 Å². The van der Waals surface area contributed by atoms with Crippen molar-refractivity contribution in [1.29, 1.82) is 0 Å². The lowest BCUT2D eigenvalue weighted by Crippen LogP contribution is -2.12. The van der Waals surface area contributed by atoms with Crippen molar-refractivity contribution in [3.63, 3.8) is 0 Å². The number of anilines is 1.